The molecule has 2 aromatic carbocycles. The molecule has 0 aliphatic carbocycles. The van der Waals surface area contributed by atoms with Crippen LogP contribution >= 0.6 is 0 Å². The first-order valence-corrected chi connectivity index (χ1v) is 8.46. The number of amides is 2. The highest BCUT2D eigenvalue weighted by molar-refractivity contribution is 5.97. The summed E-state index contributed by atoms with van der Waals surface area (Å²) in [5.74, 6) is -1.29. The van der Waals surface area contributed by atoms with E-state index in [9.17, 15) is 14.4 Å². The highest BCUT2D eigenvalue weighted by Gasteiger charge is 2.11. The molecule has 0 aliphatic rings. The van der Waals surface area contributed by atoms with E-state index in [1.165, 1.54) is 7.05 Å². The van der Waals surface area contributed by atoms with Crippen LogP contribution in [0.3, 0.4) is 0 Å². The number of hydrogen-bond donors (Lipinski definition) is 2. The van der Waals surface area contributed by atoms with Crippen LogP contribution in [0.5, 0.6) is 0 Å². The monoisotopic (exact) mass is 378 g/mol. The number of nitrogens with one attached hydrogen (secondary N) is 2. The molecule has 0 spiro atoms. The fraction of sp³-hybridized carbons (Fsp3) is 0.100. The minimum atomic E-state index is -0.600. The van der Waals surface area contributed by atoms with Gasteiger partial charge >= 0.3 is 5.97 Å². The maximum atomic E-state index is 12.1. The minimum absolute atomic E-state index is 0.217. The van der Waals surface area contributed by atoms with E-state index in [1.54, 1.807) is 71.7 Å². The summed E-state index contributed by atoms with van der Waals surface area (Å²) in [6.07, 6.45) is 3.45. The lowest BCUT2D eigenvalue weighted by molar-refractivity contribution is -0.119. The molecule has 3 aromatic rings. The second kappa shape index (κ2) is 8.63. The van der Waals surface area contributed by atoms with Gasteiger partial charge in [0, 0.05) is 30.7 Å². The Morgan fingerprint density at radius 3 is 2.29 bits per heavy atom. The number of benzene rings is 2. The first kappa shape index (κ1) is 18.8. The van der Waals surface area contributed by atoms with Crippen LogP contribution in [-0.4, -0.2) is 41.2 Å². The predicted molar refractivity (Wildman–Crippen MR) is 102 cm³/mol. The van der Waals surface area contributed by atoms with Gasteiger partial charge in [0.15, 0.2) is 6.61 Å². The molecule has 8 nitrogen and oxygen atoms in total. The van der Waals surface area contributed by atoms with Gasteiger partial charge in [-0.1, -0.05) is 0 Å². The van der Waals surface area contributed by atoms with Gasteiger partial charge in [0.25, 0.3) is 11.8 Å². The zero-order chi connectivity index (χ0) is 19.9. The first-order valence-electron chi connectivity index (χ1n) is 8.46. The van der Waals surface area contributed by atoms with Crippen molar-refractivity contribution in [1.82, 2.24) is 15.1 Å². The van der Waals surface area contributed by atoms with Crippen molar-refractivity contribution in [3.8, 4) is 5.69 Å². The van der Waals surface area contributed by atoms with Gasteiger partial charge in [-0.05, 0) is 54.6 Å². The van der Waals surface area contributed by atoms with E-state index in [0.29, 0.717) is 16.8 Å². The van der Waals surface area contributed by atoms with Gasteiger partial charge in [0.1, 0.15) is 0 Å². The molecular weight excluding hydrogens is 360 g/mol. The maximum absolute atomic E-state index is 12.1. The van der Waals surface area contributed by atoms with Crippen molar-refractivity contribution in [3.63, 3.8) is 0 Å². The quantitative estimate of drug-likeness (QED) is 0.639. The molecule has 1 heterocycles. The molecule has 0 saturated heterocycles. The van der Waals surface area contributed by atoms with Gasteiger partial charge in [-0.3, -0.25) is 9.59 Å². The third-order valence-corrected chi connectivity index (χ3v) is 3.86. The summed E-state index contributed by atoms with van der Waals surface area (Å²) in [6.45, 7) is -0.420. The highest BCUT2D eigenvalue weighted by atomic mass is 16.5. The topological polar surface area (TPSA) is 102 Å². The third-order valence-electron chi connectivity index (χ3n) is 3.86. The fourth-order valence-corrected chi connectivity index (χ4v) is 2.43. The Labute approximate surface area is 161 Å². The summed E-state index contributed by atoms with van der Waals surface area (Å²) in [4.78, 5) is 35.5. The van der Waals surface area contributed by atoms with E-state index in [2.05, 4.69) is 15.7 Å². The van der Waals surface area contributed by atoms with Crippen LogP contribution in [0.1, 0.15) is 20.7 Å². The molecular formula is C20H18N4O4. The molecule has 3 rings (SSSR count). The van der Waals surface area contributed by atoms with E-state index in [0.717, 1.165) is 5.69 Å². The molecule has 0 bridgehead atoms. The van der Waals surface area contributed by atoms with Gasteiger partial charge in [0.05, 0.1) is 11.3 Å². The minimum Gasteiger partial charge on any atom is -0.452 e. The Bertz CT molecular complexity index is 964. The van der Waals surface area contributed by atoms with Crippen LogP contribution in [0.2, 0.25) is 0 Å². The average molecular weight is 378 g/mol. The molecule has 142 valence electrons. The van der Waals surface area contributed by atoms with Crippen molar-refractivity contribution >= 4 is 23.5 Å². The van der Waals surface area contributed by atoms with Crippen molar-refractivity contribution < 1.29 is 19.1 Å². The molecule has 1 aromatic heterocycles. The Balaban J connectivity index is 1.51. The van der Waals surface area contributed by atoms with Gasteiger partial charge < -0.3 is 15.4 Å². The second-order valence-corrected chi connectivity index (χ2v) is 5.78. The number of ether oxygens (including phenoxy) is 1. The Hall–Kier alpha value is -3.94. The predicted octanol–water partition coefficient (Wildman–Crippen LogP) is 2.03. The number of nitrogens with zero attached hydrogens (tertiary/aromatic N) is 2. The fourth-order valence-electron chi connectivity index (χ4n) is 2.43. The van der Waals surface area contributed by atoms with Crippen LogP contribution in [0.25, 0.3) is 5.69 Å². The molecule has 0 atom stereocenters. The summed E-state index contributed by atoms with van der Waals surface area (Å²) in [5, 5.41) is 9.22. The SMILES string of the molecule is CNC(=O)c1ccc(NC(=O)COC(=O)c2ccc(-n3cccn3)cc2)cc1. The molecule has 0 saturated carbocycles. The lowest BCUT2D eigenvalue weighted by atomic mass is 10.2. The molecule has 0 unspecified atom stereocenters. The smallest absolute Gasteiger partial charge is 0.338 e. The van der Waals surface area contributed by atoms with Crippen LogP contribution in [0, 0.1) is 0 Å². The summed E-state index contributed by atoms with van der Waals surface area (Å²) in [6, 6.07) is 14.8. The van der Waals surface area contributed by atoms with Crippen molar-refractivity contribution in [2.75, 3.05) is 19.0 Å². The summed E-state index contributed by atoms with van der Waals surface area (Å²) in [5.41, 5.74) is 2.11. The lowest BCUT2D eigenvalue weighted by Gasteiger charge is -2.08. The number of anilines is 1. The molecule has 0 fully saturated rings. The first-order chi connectivity index (χ1) is 13.6. The summed E-state index contributed by atoms with van der Waals surface area (Å²) in [7, 11) is 1.54. The van der Waals surface area contributed by atoms with E-state index in [1.807, 2.05) is 0 Å². The van der Waals surface area contributed by atoms with E-state index >= 15 is 0 Å². The zero-order valence-electron chi connectivity index (χ0n) is 15.1. The van der Waals surface area contributed by atoms with Gasteiger partial charge in [-0.15, -0.1) is 0 Å². The Kier molecular flexibility index (Phi) is 5.81. The molecule has 28 heavy (non-hydrogen) atoms. The number of carbonyl (C=O) groups is 3. The van der Waals surface area contributed by atoms with E-state index in [-0.39, 0.29) is 5.91 Å². The lowest BCUT2D eigenvalue weighted by Crippen LogP contribution is -2.21. The van der Waals surface area contributed by atoms with Crippen molar-refractivity contribution in [1.29, 1.82) is 0 Å². The number of hydrogen-bond acceptors (Lipinski definition) is 5. The molecule has 0 aliphatic heterocycles. The number of esters is 1. The van der Waals surface area contributed by atoms with E-state index < -0.39 is 18.5 Å². The van der Waals surface area contributed by atoms with Crippen molar-refractivity contribution in [2.24, 2.45) is 0 Å². The molecule has 0 radical (unpaired) electrons. The summed E-state index contributed by atoms with van der Waals surface area (Å²) < 4.78 is 6.70. The van der Waals surface area contributed by atoms with Crippen LogP contribution < -0.4 is 10.6 Å². The molecule has 2 amide bonds. The van der Waals surface area contributed by atoms with E-state index in [4.69, 9.17) is 4.74 Å². The normalized spacial score (nSPS) is 10.2. The highest BCUT2D eigenvalue weighted by Crippen LogP contribution is 2.11. The number of rotatable bonds is 6. The van der Waals surface area contributed by atoms with Gasteiger partial charge in [0.2, 0.25) is 0 Å². The van der Waals surface area contributed by atoms with Crippen molar-refractivity contribution in [3.05, 3.63) is 78.1 Å². The number of carbonyl (C=O) groups excluding carboxylic acids is 3. The zero-order valence-corrected chi connectivity index (χ0v) is 15.1. The maximum Gasteiger partial charge on any atom is 0.338 e. The largest absolute Gasteiger partial charge is 0.452 e. The third kappa shape index (κ3) is 4.61. The summed E-state index contributed by atoms with van der Waals surface area (Å²) >= 11 is 0. The van der Waals surface area contributed by atoms with Crippen molar-refractivity contribution in [2.45, 2.75) is 0 Å². The molecule has 2 N–H and O–H groups in total. The average Bonchev–Trinajstić information content (AvgIpc) is 3.27. The van der Waals surface area contributed by atoms with Gasteiger partial charge in [-0.2, -0.15) is 5.10 Å². The van der Waals surface area contributed by atoms with Gasteiger partial charge in [-0.25, -0.2) is 9.48 Å². The second-order valence-electron chi connectivity index (χ2n) is 5.78. The Morgan fingerprint density at radius 1 is 1.00 bits per heavy atom. The van der Waals surface area contributed by atoms with Crippen LogP contribution in [0.15, 0.2) is 67.0 Å². The number of aromatic nitrogens is 2. The van der Waals surface area contributed by atoms with Crippen LogP contribution in [-0.2, 0) is 9.53 Å². The van der Waals surface area contributed by atoms with Crippen LogP contribution in [0.4, 0.5) is 5.69 Å². The standard InChI is InChI=1S/C20H18N4O4/c1-21-19(26)14-3-7-16(8-4-14)23-18(25)13-28-20(27)15-5-9-17(10-6-15)24-12-2-11-22-24/h2-12H,13H2,1H3,(H,21,26)(H,23,25). The molecule has 8 heteroatoms. The Morgan fingerprint density at radius 2 is 1.68 bits per heavy atom.